The number of aliphatic hydroxyl groups excluding tert-OH is 1. The van der Waals surface area contributed by atoms with E-state index in [-0.39, 0.29) is 18.6 Å². The highest BCUT2D eigenvalue weighted by molar-refractivity contribution is 5.94. The molecule has 0 spiro atoms. The van der Waals surface area contributed by atoms with Crippen molar-refractivity contribution >= 4 is 5.91 Å². The lowest BCUT2D eigenvalue weighted by molar-refractivity contribution is 0.0922. The summed E-state index contributed by atoms with van der Waals surface area (Å²) in [6, 6.07) is 5.36. The third kappa shape index (κ3) is 3.06. The Morgan fingerprint density at radius 2 is 2.07 bits per heavy atom. The first-order valence-electron chi connectivity index (χ1n) is 5.03. The van der Waals surface area contributed by atoms with Crippen molar-refractivity contribution in [2.24, 2.45) is 0 Å². The summed E-state index contributed by atoms with van der Waals surface area (Å²) in [5, 5.41) is 11.5. The number of nitrogens with one attached hydrogen (secondary N) is 1. The van der Waals surface area contributed by atoms with Crippen LogP contribution >= 0.6 is 0 Å². The van der Waals surface area contributed by atoms with E-state index < -0.39 is 0 Å². The van der Waals surface area contributed by atoms with E-state index in [1.165, 1.54) is 5.56 Å². The molecule has 1 aromatic carbocycles. The first-order chi connectivity index (χ1) is 7.04. The number of carbonyl (C=O) groups excluding carboxylic acids is 1. The van der Waals surface area contributed by atoms with Crippen LogP contribution in [-0.4, -0.2) is 23.7 Å². The molecule has 0 fully saturated rings. The van der Waals surface area contributed by atoms with E-state index in [9.17, 15) is 4.79 Å². The average molecular weight is 207 g/mol. The molecule has 0 aliphatic heterocycles. The van der Waals surface area contributed by atoms with Crippen molar-refractivity contribution in [2.45, 2.75) is 26.8 Å². The summed E-state index contributed by atoms with van der Waals surface area (Å²) >= 11 is 0. The van der Waals surface area contributed by atoms with Gasteiger partial charge in [0.15, 0.2) is 0 Å². The minimum Gasteiger partial charge on any atom is -0.394 e. The van der Waals surface area contributed by atoms with Gasteiger partial charge < -0.3 is 10.4 Å². The zero-order chi connectivity index (χ0) is 11.4. The van der Waals surface area contributed by atoms with E-state index in [4.69, 9.17) is 5.11 Å². The number of hydrogen-bond acceptors (Lipinski definition) is 2. The molecule has 1 aromatic rings. The van der Waals surface area contributed by atoms with Gasteiger partial charge in [0.1, 0.15) is 0 Å². The predicted molar refractivity (Wildman–Crippen MR) is 59.9 cm³/mol. The van der Waals surface area contributed by atoms with Gasteiger partial charge in [-0.25, -0.2) is 0 Å². The summed E-state index contributed by atoms with van der Waals surface area (Å²) in [7, 11) is 0. The number of benzene rings is 1. The Hall–Kier alpha value is -1.35. The van der Waals surface area contributed by atoms with Gasteiger partial charge in [-0.05, 0) is 44.0 Å². The van der Waals surface area contributed by atoms with Crippen LogP contribution in [0, 0.1) is 13.8 Å². The Bertz CT molecular complexity index is 361. The monoisotopic (exact) mass is 207 g/mol. The second-order valence-corrected chi connectivity index (χ2v) is 3.86. The summed E-state index contributed by atoms with van der Waals surface area (Å²) in [5.74, 6) is -0.139. The third-order valence-corrected chi connectivity index (χ3v) is 2.42. The van der Waals surface area contributed by atoms with Gasteiger partial charge in [-0.2, -0.15) is 0 Å². The number of hydrogen-bond donors (Lipinski definition) is 2. The van der Waals surface area contributed by atoms with Crippen molar-refractivity contribution in [3.8, 4) is 0 Å². The Labute approximate surface area is 90.1 Å². The molecule has 0 aromatic heterocycles. The van der Waals surface area contributed by atoms with Crippen LogP contribution in [-0.2, 0) is 0 Å². The fourth-order valence-corrected chi connectivity index (χ4v) is 1.24. The molecule has 0 saturated carbocycles. The zero-order valence-corrected chi connectivity index (χ0v) is 9.37. The lowest BCUT2D eigenvalue weighted by atomic mass is 10.1. The average Bonchev–Trinajstić information content (AvgIpc) is 2.21. The van der Waals surface area contributed by atoms with Crippen LogP contribution in [0.2, 0.25) is 0 Å². The molecule has 3 heteroatoms. The largest absolute Gasteiger partial charge is 0.394 e. The molecule has 0 saturated heterocycles. The standard InChI is InChI=1S/C12H17NO2/c1-8-4-5-11(6-9(8)2)12(15)13-10(3)7-14/h4-6,10,14H,7H2,1-3H3,(H,13,15)/t10-/m1/s1. The number of aliphatic hydroxyl groups is 1. The van der Waals surface area contributed by atoms with Crippen LogP contribution in [0.4, 0.5) is 0 Å². The maximum absolute atomic E-state index is 11.7. The van der Waals surface area contributed by atoms with Gasteiger partial charge in [-0.1, -0.05) is 6.07 Å². The Morgan fingerprint density at radius 1 is 1.40 bits per heavy atom. The molecule has 82 valence electrons. The predicted octanol–water partition coefficient (Wildman–Crippen LogP) is 1.41. The quantitative estimate of drug-likeness (QED) is 0.787. The van der Waals surface area contributed by atoms with Crippen molar-refractivity contribution in [1.29, 1.82) is 0 Å². The zero-order valence-electron chi connectivity index (χ0n) is 9.37. The summed E-state index contributed by atoms with van der Waals surface area (Å²) < 4.78 is 0. The summed E-state index contributed by atoms with van der Waals surface area (Å²) in [5.41, 5.74) is 2.90. The molecule has 0 unspecified atom stereocenters. The lowest BCUT2D eigenvalue weighted by Crippen LogP contribution is -2.35. The number of aryl methyl sites for hydroxylation is 2. The minimum absolute atomic E-state index is 0.0451. The first kappa shape index (κ1) is 11.7. The summed E-state index contributed by atoms with van der Waals surface area (Å²) in [6.07, 6.45) is 0. The molecule has 0 radical (unpaired) electrons. The molecular weight excluding hydrogens is 190 g/mol. The second-order valence-electron chi connectivity index (χ2n) is 3.86. The molecule has 1 atom stereocenters. The molecule has 0 bridgehead atoms. The van der Waals surface area contributed by atoms with E-state index in [1.54, 1.807) is 13.0 Å². The van der Waals surface area contributed by atoms with E-state index in [0.717, 1.165) is 5.56 Å². The van der Waals surface area contributed by atoms with E-state index >= 15 is 0 Å². The second kappa shape index (κ2) is 4.94. The number of rotatable bonds is 3. The Kier molecular flexibility index (Phi) is 3.86. The fourth-order valence-electron chi connectivity index (χ4n) is 1.24. The molecule has 2 N–H and O–H groups in total. The highest BCUT2D eigenvalue weighted by atomic mass is 16.3. The third-order valence-electron chi connectivity index (χ3n) is 2.42. The Balaban J connectivity index is 2.78. The summed E-state index contributed by atoms with van der Waals surface area (Å²) in [4.78, 5) is 11.7. The molecular formula is C12H17NO2. The molecule has 3 nitrogen and oxygen atoms in total. The van der Waals surface area contributed by atoms with Gasteiger partial charge in [0.25, 0.3) is 5.91 Å². The van der Waals surface area contributed by atoms with Gasteiger partial charge in [-0.3, -0.25) is 4.79 Å². The van der Waals surface area contributed by atoms with Crippen LogP contribution in [0.25, 0.3) is 0 Å². The van der Waals surface area contributed by atoms with Crippen molar-refractivity contribution in [1.82, 2.24) is 5.32 Å². The topological polar surface area (TPSA) is 49.3 Å². The fraction of sp³-hybridized carbons (Fsp3) is 0.417. The molecule has 15 heavy (non-hydrogen) atoms. The normalized spacial score (nSPS) is 12.3. The summed E-state index contributed by atoms with van der Waals surface area (Å²) in [6.45, 7) is 5.70. The molecule has 1 amide bonds. The van der Waals surface area contributed by atoms with Crippen molar-refractivity contribution in [3.05, 3.63) is 34.9 Å². The van der Waals surface area contributed by atoms with Gasteiger partial charge in [0.05, 0.1) is 6.61 Å². The van der Waals surface area contributed by atoms with Crippen LogP contribution in [0.1, 0.15) is 28.4 Å². The molecule has 0 aliphatic rings. The lowest BCUT2D eigenvalue weighted by Gasteiger charge is -2.11. The van der Waals surface area contributed by atoms with E-state index in [1.807, 2.05) is 26.0 Å². The first-order valence-corrected chi connectivity index (χ1v) is 5.03. The minimum atomic E-state index is -0.209. The smallest absolute Gasteiger partial charge is 0.251 e. The van der Waals surface area contributed by atoms with Crippen molar-refractivity contribution in [3.63, 3.8) is 0 Å². The van der Waals surface area contributed by atoms with Crippen LogP contribution < -0.4 is 5.32 Å². The Morgan fingerprint density at radius 3 is 2.60 bits per heavy atom. The maximum Gasteiger partial charge on any atom is 0.251 e. The van der Waals surface area contributed by atoms with Crippen LogP contribution in [0.5, 0.6) is 0 Å². The molecule has 0 aliphatic carbocycles. The van der Waals surface area contributed by atoms with E-state index in [0.29, 0.717) is 5.56 Å². The maximum atomic E-state index is 11.7. The highest BCUT2D eigenvalue weighted by Gasteiger charge is 2.09. The number of amides is 1. The van der Waals surface area contributed by atoms with Gasteiger partial charge in [0.2, 0.25) is 0 Å². The van der Waals surface area contributed by atoms with Crippen LogP contribution in [0.15, 0.2) is 18.2 Å². The van der Waals surface area contributed by atoms with Gasteiger partial charge in [0, 0.05) is 11.6 Å². The van der Waals surface area contributed by atoms with Crippen molar-refractivity contribution in [2.75, 3.05) is 6.61 Å². The molecule has 1 rings (SSSR count). The highest BCUT2D eigenvalue weighted by Crippen LogP contribution is 2.09. The SMILES string of the molecule is Cc1ccc(C(=O)N[C@H](C)CO)cc1C. The van der Waals surface area contributed by atoms with Crippen molar-refractivity contribution < 1.29 is 9.90 Å². The van der Waals surface area contributed by atoms with E-state index in [2.05, 4.69) is 5.32 Å². The van der Waals surface area contributed by atoms with Gasteiger partial charge >= 0.3 is 0 Å². The number of carbonyl (C=O) groups is 1. The van der Waals surface area contributed by atoms with Gasteiger partial charge in [-0.15, -0.1) is 0 Å². The van der Waals surface area contributed by atoms with Crippen LogP contribution in [0.3, 0.4) is 0 Å². The molecule has 0 heterocycles.